The second-order valence-electron chi connectivity index (χ2n) is 4.15. The molecule has 1 fully saturated rings. The van der Waals surface area contributed by atoms with Crippen molar-refractivity contribution in [1.82, 2.24) is 4.90 Å². The fourth-order valence-electron chi connectivity index (χ4n) is 1.97. The summed E-state index contributed by atoms with van der Waals surface area (Å²) in [5.41, 5.74) is 0.559. The van der Waals surface area contributed by atoms with Crippen LogP contribution in [-0.2, 0) is 0 Å². The Kier molecular flexibility index (Phi) is 4.34. The van der Waals surface area contributed by atoms with E-state index in [4.69, 9.17) is 23.2 Å². The molecule has 1 amide bonds. The van der Waals surface area contributed by atoms with E-state index < -0.39 is 0 Å². The van der Waals surface area contributed by atoms with Crippen LogP contribution in [0.2, 0.25) is 10.0 Å². The van der Waals surface area contributed by atoms with E-state index in [1.807, 2.05) is 4.90 Å². The molecule has 0 aliphatic carbocycles. The van der Waals surface area contributed by atoms with Crippen LogP contribution in [0.4, 0.5) is 0 Å². The quantitative estimate of drug-likeness (QED) is 0.710. The van der Waals surface area contributed by atoms with Gasteiger partial charge in [-0.15, -0.1) is 0 Å². The van der Waals surface area contributed by atoms with Crippen LogP contribution in [0.15, 0.2) is 18.2 Å². The Balaban J connectivity index is 2.18. The number of amides is 1. The van der Waals surface area contributed by atoms with Crippen LogP contribution in [0.25, 0.3) is 0 Å². The van der Waals surface area contributed by atoms with Gasteiger partial charge in [0, 0.05) is 33.5 Å². The van der Waals surface area contributed by atoms with E-state index in [0.29, 0.717) is 20.4 Å². The van der Waals surface area contributed by atoms with Gasteiger partial charge in [-0.25, -0.2) is 0 Å². The van der Waals surface area contributed by atoms with Gasteiger partial charge in [0.15, 0.2) is 0 Å². The van der Waals surface area contributed by atoms with Crippen molar-refractivity contribution in [3.63, 3.8) is 0 Å². The van der Waals surface area contributed by atoms with Gasteiger partial charge in [-0.3, -0.25) is 4.79 Å². The summed E-state index contributed by atoms with van der Waals surface area (Å²) in [6.45, 7) is 1.54. The molecule has 0 spiro atoms. The molecule has 1 saturated heterocycles. The number of rotatable bonds is 1. The van der Waals surface area contributed by atoms with Crippen LogP contribution in [0.3, 0.4) is 0 Å². The zero-order chi connectivity index (χ0) is 12.4. The first-order chi connectivity index (χ1) is 8.06. The first-order valence-electron chi connectivity index (χ1n) is 5.45. The Morgan fingerprint density at radius 2 is 1.94 bits per heavy atom. The van der Waals surface area contributed by atoms with Gasteiger partial charge in [0.2, 0.25) is 0 Å². The fraction of sp³-hybridized carbons (Fsp3) is 0.417. The molecule has 1 aliphatic heterocycles. The summed E-state index contributed by atoms with van der Waals surface area (Å²) in [7, 11) is 0. The van der Waals surface area contributed by atoms with Crippen molar-refractivity contribution in [3.8, 4) is 0 Å². The average Bonchev–Trinajstić information content (AvgIpc) is 2.26. The number of hydrogen-bond donors (Lipinski definition) is 0. The Morgan fingerprint density at radius 1 is 1.29 bits per heavy atom. The van der Waals surface area contributed by atoms with Crippen LogP contribution < -0.4 is 0 Å². The standard InChI is InChI=1S/C12H12BrCl2NO/c13-9-2-1-3-16(7-9)12(17)8-4-10(14)6-11(15)5-8/h4-6,9H,1-3,7H2. The highest BCUT2D eigenvalue weighted by Gasteiger charge is 2.23. The molecule has 5 heteroatoms. The van der Waals surface area contributed by atoms with Crippen molar-refractivity contribution < 1.29 is 4.79 Å². The number of nitrogens with zero attached hydrogens (tertiary/aromatic N) is 1. The maximum Gasteiger partial charge on any atom is 0.253 e. The predicted octanol–water partition coefficient (Wildman–Crippen LogP) is 3.99. The first-order valence-corrected chi connectivity index (χ1v) is 7.13. The molecule has 2 nitrogen and oxygen atoms in total. The molecule has 17 heavy (non-hydrogen) atoms. The highest BCUT2D eigenvalue weighted by atomic mass is 79.9. The molecule has 92 valence electrons. The minimum Gasteiger partial charge on any atom is -0.338 e. The highest BCUT2D eigenvalue weighted by Crippen LogP contribution is 2.23. The molecule has 1 aromatic carbocycles. The Labute approximate surface area is 119 Å². The van der Waals surface area contributed by atoms with E-state index in [-0.39, 0.29) is 5.91 Å². The second kappa shape index (κ2) is 5.59. The smallest absolute Gasteiger partial charge is 0.253 e. The van der Waals surface area contributed by atoms with E-state index in [0.717, 1.165) is 25.9 Å². The molecule has 0 radical (unpaired) electrons. The summed E-state index contributed by atoms with van der Waals surface area (Å²) in [6, 6.07) is 4.95. The summed E-state index contributed by atoms with van der Waals surface area (Å²) >= 11 is 15.3. The molecule has 0 saturated carbocycles. The normalized spacial score (nSPS) is 20.4. The highest BCUT2D eigenvalue weighted by molar-refractivity contribution is 9.09. The fourth-order valence-corrected chi connectivity index (χ4v) is 3.17. The maximum absolute atomic E-state index is 12.2. The Morgan fingerprint density at radius 3 is 2.53 bits per heavy atom. The van der Waals surface area contributed by atoms with Gasteiger partial charge in [-0.1, -0.05) is 39.1 Å². The largest absolute Gasteiger partial charge is 0.338 e. The lowest BCUT2D eigenvalue weighted by atomic mass is 10.1. The molecule has 1 aromatic rings. The van der Waals surface area contributed by atoms with Crippen LogP contribution >= 0.6 is 39.1 Å². The third kappa shape index (κ3) is 3.36. The molecule has 0 aromatic heterocycles. The third-order valence-electron chi connectivity index (χ3n) is 2.76. The van der Waals surface area contributed by atoms with Gasteiger partial charge >= 0.3 is 0 Å². The number of halogens is 3. The topological polar surface area (TPSA) is 20.3 Å². The molecule has 1 atom stereocenters. The van der Waals surface area contributed by atoms with Crippen molar-refractivity contribution in [3.05, 3.63) is 33.8 Å². The molecule has 0 bridgehead atoms. The third-order valence-corrected chi connectivity index (χ3v) is 3.94. The van der Waals surface area contributed by atoms with Gasteiger partial charge in [0.05, 0.1) is 0 Å². The van der Waals surface area contributed by atoms with E-state index >= 15 is 0 Å². The molecule has 1 aliphatic rings. The zero-order valence-electron chi connectivity index (χ0n) is 9.13. The molecule has 1 heterocycles. The van der Waals surface area contributed by atoms with E-state index in [2.05, 4.69) is 15.9 Å². The van der Waals surface area contributed by atoms with Crippen LogP contribution in [0, 0.1) is 0 Å². The maximum atomic E-state index is 12.2. The molecular weight excluding hydrogens is 325 g/mol. The van der Waals surface area contributed by atoms with Crippen LogP contribution in [0.5, 0.6) is 0 Å². The van der Waals surface area contributed by atoms with Crippen molar-refractivity contribution >= 4 is 45.0 Å². The lowest BCUT2D eigenvalue weighted by molar-refractivity contribution is 0.0730. The van der Waals surface area contributed by atoms with Crippen molar-refractivity contribution in [2.75, 3.05) is 13.1 Å². The summed E-state index contributed by atoms with van der Waals surface area (Å²) < 4.78 is 0. The molecule has 0 N–H and O–H groups in total. The summed E-state index contributed by atoms with van der Waals surface area (Å²) in [5, 5.41) is 0.988. The SMILES string of the molecule is O=C(c1cc(Cl)cc(Cl)c1)N1CCCC(Br)C1. The Bertz CT molecular complexity index is 418. The minimum absolute atomic E-state index is 0.00134. The summed E-state index contributed by atoms with van der Waals surface area (Å²) in [4.78, 5) is 14.5. The van der Waals surface area contributed by atoms with Gasteiger partial charge in [-0.2, -0.15) is 0 Å². The average molecular weight is 337 g/mol. The zero-order valence-corrected chi connectivity index (χ0v) is 12.2. The van der Waals surface area contributed by atoms with Crippen LogP contribution in [-0.4, -0.2) is 28.7 Å². The van der Waals surface area contributed by atoms with E-state index in [1.165, 1.54) is 0 Å². The van der Waals surface area contributed by atoms with E-state index in [9.17, 15) is 4.79 Å². The monoisotopic (exact) mass is 335 g/mol. The lowest BCUT2D eigenvalue weighted by Gasteiger charge is -2.30. The van der Waals surface area contributed by atoms with Gasteiger partial charge in [-0.05, 0) is 31.0 Å². The predicted molar refractivity (Wildman–Crippen MR) is 74.3 cm³/mol. The van der Waals surface area contributed by atoms with Gasteiger partial charge < -0.3 is 4.90 Å². The van der Waals surface area contributed by atoms with Crippen molar-refractivity contribution in [2.24, 2.45) is 0 Å². The number of alkyl halides is 1. The Hall–Kier alpha value is -0.250. The number of benzene rings is 1. The molecule has 1 unspecified atom stereocenters. The number of likely N-dealkylation sites (tertiary alicyclic amines) is 1. The number of piperidine rings is 1. The summed E-state index contributed by atoms with van der Waals surface area (Å²) in [5.74, 6) is -0.00134. The number of carbonyl (C=O) groups is 1. The summed E-state index contributed by atoms with van der Waals surface area (Å²) in [6.07, 6.45) is 2.13. The lowest BCUT2D eigenvalue weighted by Crippen LogP contribution is -2.40. The van der Waals surface area contributed by atoms with Gasteiger partial charge in [0.25, 0.3) is 5.91 Å². The molecule has 2 rings (SSSR count). The number of carbonyl (C=O) groups excluding carboxylic acids is 1. The van der Waals surface area contributed by atoms with Gasteiger partial charge in [0.1, 0.15) is 0 Å². The number of hydrogen-bond acceptors (Lipinski definition) is 1. The first kappa shape index (κ1) is 13.2. The molecular formula is C12H12BrCl2NO. The van der Waals surface area contributed by atoms with Crippen molar-refractivity contribution in [2.45, 2.75) is 17.7 Å². The van der Waals surface area contributed by atoms with Crippen LogP contribution in [0.1, 0.15) is 23.2 Å². The second-order valence-corrected chi connectivity index (χ2v) is 6.32. The van der Waals surface area contributed by atoms with E-state index in [1.54, 1.807) is 18.2 Å². The van der Waals surface area contributed by atoms with Crippen molar-refractivity contribution in [1.29, 1.82) is 0 Å². The minimum atomic E-state index is -0.00134.